The fourth-order valence-corrected chi connectivity index (χ4v) is 0.886. The molecule has 13 heavy (non-hydrogen) atoms. The van der Waals surface area contributed by atoms with E-state index in [1.807, 2.05) is 20.8 Å². The molecule has 0 rings (SSSR count). The molecule has 0 bridgehead atoms. The summed E-state index contributed by atoms with van der Waals surface area (Å²) in [5, 5.41) is 11.6. The van der Waals surface area contributed by atoms with Crippen LogP contribution in [0.1, 0.15) is 20.8 Å². The van der Waals surface area contributed by atoms with Gasteiger partial charge >= 0.3 is 5.97 Å². The summed E-state index contributed by atoms with van der Waals surface area (Å²) in [5.74, 6) is -0.415. The molecule has 0 aromatic rings. The molecular formula is C9H19NO3. The highest BCUT2D eigenvalue weighted by Crippen LogP contribution is 1.94. The number of carboxylic acids is 1. The third kappa shape index (κ3) is 6.54. The molecule has 1 atom stereocenters. The normalized spacial score (nSPS) is 13.2. The zero-order valence-electron chi connectivity index (χ0n) is 8.54. The van der Waals surface area contributed by atoms with Gasteiger partial charge in [-0.15, -0.1) is 0 Å². The SMILES string of the molecule is CCNC(COCC(C)C)C(=O)O. The van der Waals surface area contributed by atoms with Crippen molar-refractivity contribution >= 4 is 5.97 Å². The van der Waals surface area contributed by atoms with E-state index in [1.165, 1.54) is 0 Å². The van der Waals surface area contributed by atoms with Crippen LogP contribution in [0.3, 0.4) is 0 Å². The average molecular weight is 189 g/mol. The summed E-state index contributed by atoms with van der Waals surface area (Å²) in [4.78, 5) is 10.6. The molecule has 4 nitrogen and oxygen atoms in total. The number of aliphatic carboxylic acids is 1. The van der Waals surface area contributed by atoms with Gasteiger partial charge in [0.25, 0.3) is 0 Å². The highest BCUT2D eigenvalue weighted by Gasteiger charge is 2.15. The molecule has 78 valence electrons. The Kier molecular flexibility index (Phi) is 6.54. The molecule has 0 spiro atoms. The lowest BCUT2D eigenvalue weighted by Crippen LogP contribution is -2.40. The quantitative estimate of drug-likeness (QED) is 0.619. The molecule has 0 aliphatic heterocycles. The van der Waals surface area contributed by atoms with Gasteiger partial charge in [0.1, 0.15) is 6.04 Å². The highest BCUT2D eigenvalue weighted by molar-refractivity contribution is 5.73. The van der Waals surface area contributed by atoms with E-state index in [-0.39, 0.29) is 6.61 Å². The fourth-order valence-electron chi connectivity index (χ4n) is 0.886. The summed E-state index contributed by atoms with van der Waals surface area (Å²) in [6, 6.07) is -0.580. The van der Waals surface area contributed by atoms with Gasteiger partial charge in [-0.1, -0.05) is 20.8 Å². The predicted molar refractivity (Wildman–Crippen MR) is 50.8 cm³/mol. The molecule has 0 aromatic carbocycles. The first-order valence-corrected chi connectivity index (χ1v) is 4.61. The second kappa shape index (κ2) is 6.86. The zero-order valence-corrected chi connectivity index (χ0v) is 8.54. The Morgan fingerprint density at radius 2 is 2.08 bits per heavy atom. The fraction of sp³-hybridized carbons (Fsp3) is 0.889. The van der Waals surface area contributed by atoms with Crippen molar-refractivity contribution < 1.29 is 14.6 Å². The minimum absolute atomic E-state index is 0.237. The molecule has 4 heteroatoms. The molecule has 2 N–H and O–H groups in total. The second-order valence-electron chi connectivity index (χ2n) is 3.38. The van der Waals surface area contributed by atoms with Gasteiger partial charge < -0.3 is 15.2 Å². The van der Waals surface area contributed by atoms with E-state index in [4.69, 9.17) is 9.84 Å². The van der Waals surface area contributed by atoms with E-state index in [2.05, 4.69) is 5.32 Å². The predicted octanol–water partition coefficient (Wildman–Crippen LogP) is 0.722. The Balaban J connectivity index is 3.63. The largest absolute Gasteiger partial charge is 0.480 e. The van der Waals surface area contributed by atoms with Crippen LogP contribution in [-0.4, -0.2) is 36.9 Å². The van der Waals surface area contributed by atoms with Crippen molar-refractivity contribution in [3.8, 4) is 0 Å². The Hall–Kier alpha value is -0.610. The topological polar surface area (TPSA) is 58.6 Å². The maximum absolute atomic E-state index is 10.6. The Labute approximate surface area is 79.3 Å². The summed E-state index contributed by atoms with van der Waals surface area (Å²) in [5.41, 5.74) is 0. The van der Waals surface area contributed by atoms with Crippen LogP contribution in [0.2, 0.25) is 0 Å². The molecule has 0 aromatic heterocycles. The highest BCUT2D eigenvalue weighted by atomic mass is 16.5. The number of hydrogen-bond acceptors (Lipinski definition) is 3. The van der Waals surface area contributed by atoms with Crippen molar-refractivity contribution in [1.29, 1.82) is 0 Å². The summed E-state index contributed by atoms with van der Waals surface area (Å²) < 4.78 is 5.23. The van der Waals surface area contributed by atoms with Gasteiger partial charge in [0.15, 0.2) is 0 Å². The van der Waals surface area contributed by atoms with Crippen LogP contribution in [0, 0.1) is 5.92 Å². The molecule has 0 amide bonds. The van der Waals surface area contributed by atoms with Crippen LogP contribution < -0.4 is 5.32 Å². The van der Waals surface area contributed by atoms with E-state index in [1.54, 1.807) is 0 Å². The van der Waals surface area contributed by atoms with Gasteiger partial charge in [0, 0.05) is 6.61 Å². The lowest BCUT2D eigenvalue weighted by molar-refractivity contribution is -0.141. The van der Waals surface area contributed by atoms with Crippen molar-refractivity contribution in [3.05, 3.63) is 0 Å². The number of nitrogens with one attached hydrogen (secondary N) is 1. The summed E-state index contributed by atoms with van der Waals surface area (Å²) in [7, 11) is 0. The smallest absolute Gasteiger partial charge is 0.323 e. The molecule has 0 fully saturated rings. The standard InChI is InChI=1S/C9H19NO3/c1-4-10-8(9(11)12)6-13-5-7(2)3/h7-8,10H,4-6H2,1-3H3,(H,11,12). The number of likely N-dealkylation sites (N-methyl/N-ethyl adjacent to an activating group) is 1. The molecule has 0 saturated carbocycles. The van der Waals surface area contributed by atoms with Gasteiger partial charge in [-0.25, -0.2) is 0 Å². The van der Waals surface area contributed by atoms with E-state index in [0.717, 1.165) is 0 Å². The summed E-state index contributed by atoms with van der Waals surface area (Å²) in [6.07, 6.45) is 0. The van der Waals surface area contributed by atoms with Crippen molar-refractivity contribution in [3.63, 3.8) is 0 Å². The molecule has 0 saturated heterocycles. The number of carbonyl (C=O) groups is 1. The van der Waals surface area contributed by atoms with Gasteiger partial charge in [-0.2, -0.15) is 0 Å². The van der Waals surface area contributed by atoms with Crippen LogP contribution >= 0.6 is 0 Å². The number of carboxylic acid groups (broad SMARTS) is 1. The first-order chi connectivity index (χ1) is 6.07. The van der Waals surface area contributed by atoms with Gasteiger partial charge in [-0.3, -0.25) is 4.79 Å². The Bertz CT molecular complexity index is 148. The lowest BCUT2D eigenvalue weighted by Gasteiger charge is -2.14. The van der Waals surface area contributed by atoms with E-state index < -0.39 is 12.0 Å². The van der Waals surface area contributed by atoms with Crippen molar-refractivity contribution in [2.75, 3.05) is 19.8 Å². The zero-order chi connectivity index (χ0) is 10.3. The summed E-state index contributed by atoms with van der Waals surface area (Å²) >= 11 is 0. The van der Waals surface area contributed by atoms with E-state index in [9.17, 15) is 4.79 Å². The monoisotopic (exact) mass is 189 g/mol. The van der Waals surface area contributed by atoms with Crippen LogP contribution in [0.15, 0.2) is 0 Å². The van der Waals surface area contributed by atoms with Gasteiger partial charge in [0.2, 0.25) is 0 Å². The van der Waals surface area contributed by atoms with Crippen molar-refractivity contribution in [1.82, 2.24) is 5.32 Å². The number of rotatable bonds is 7. The van der Waals surface area contributed by atoms with Gasteiger partial charge in [0.05, 0.1) is 6.61 Å². The third-order valence-corrected chi connectivity index (χ3v) is 1.48. The average Bonchev–Trinajstić information content (AvgIpc) is 2.02. The summed E-state index contributed by atoms with van der Waals surface area (Å²) in [6.45, 7) is 7.42. The molecule has 0 radical (unpaired) electrons. The first-order valence-electron chi connectivity index (χ1n) is 4.61. The molecule has 1 unspecified atom stereocenters. The minimum atomic E-state index is -0.856. The van der Waals surface area contributed by atoms with Gasteiger partial charge in [-0.05, 0) is 12.5 Å². The van der Waals surface area contributed by atoms with E-state index >= 15 is 0 Å². The third-order valence-electron chi connectivity index (χ3n) is 1.48. The Morgan fingerprint density at radius 3 is 2.46 bits per heavy atom. The van der Waals surface area contributed by atoms with Crippen molar-refractivity contribution in [2.45, 2.75) is 26.8 Å². The number of hydrogen-bond donors (Lipinski definition) is 2. The second-order valence-corrected chi connectivity index (χ2v) is 3.38. The molecule has 0 aliphatic carbocycles. The van der Waals surface area contributed by atoms with Crippen LogP contribution in [0.4, 0.5) is 0 Å². The van der Waals surface area contributed by atoms with Crippen molar-refractivity contribution in [2.24, 2.45) is 5.92 Å². The van der Waals surface area contributed by atoms with Crippen LogP contribution in [0.5, 0.6) is 0 Å². The minimum Gasteiger partial charge on any atom is -0.480 e. The first kappa shape index (κ1) is 12.4. The molecule has 0 heterocycles. The van der Waals surface area contributed by atoms with Crippen LogP contribution in [-0.2, 0) is 9.53 Å². The lowest BCUT2D eigenvalue weighted by atomic mass is 10.2. The maximum atomic E-state index is 10.6. The number of ether oxygens (including phenoxy) is 1. The molecular weight excluding hydrogens is 170 g/mol. The van der Waals surface area contributed by atoms with Crippen LogP contribution in [0.25, 0.3) is 0 Å². The maximum Gasteiger partial charge on any atom is 0.323 e. The molecule has 0 aliphatic rings. The Morgan fingerprint density at radius 1 is 1.46 bits per heavy atom. The van der Waals surface area contributed by atoms with E-state index in [0.29, 0.717) is 19.1 Å².